The molecule has 0 fully saturated rings. The number of pyridine rings is 3. The normalized spacial score (nSPS) is 15.4. The quantitative estimate of drug-likeness (QED) is 0.0119. The first-order valence-electron chi connectivity index (χ1n) is 25.4. The summed E-state index contributed by atoms with van der Waals surface area (Å²) in [6.07, 6.45) is 6.65. The largest absolute Gasteiger partial charge is 0.458 e. The van der Waals surface area contributed by atoms with Gasteiger partial charge in [0.2, 0.25) is 23.6 Å². The molecule has 5 aromatic rings. The van der Waals surface area contributed by atoms with Crippen molar-refractivity contribution < 1.29 is 52.6 Å². The van der Waals surface area contributed by atoms with E-state index in [0.717, 1.165) is 21.6 Å². The highest BCUT2D eigenvalue weighted by Gasteiger charge is 2.45. The average Bonchev–Trinajstić information content (AvgIpc) is 4.08. The summed E-state index contributed by atoms with van der Waals surface area (Å²) in [5.41, 5.74) is 9.22. The first-order valence-corrected chi connectivity index (χ1v) is 25.4. The van der Waals surface area contributed by atoms with Crippen molar-refractivity contribution in [1.82, 2.24) is 45.7 Å². The summed E-state index contributed by atoms with van der Waals surface area (Å²) in [4.78, 5) is 119. The van der Waals surface area contributed by atoms with Crippen molar-refractivity contribution >= 4 is 70.1 Å². The highest BCUT2D eigenvalue weighted by atomic mass is 19.1. The van der Waals surface area contributed by atoms with Gasteiger partial charge in [-0.25, -0.2) is 25.0 Å². The molecule has 1 unspecified atom stereocenters. The van der Waals surface area contributed by atoms with E-state index in [-0.39, 0.29) is 86.5 Å². The van der Waals surface area contributed by atoms with E-state index >= 15 is 0 Å². The van der Waals surface area contributed by atoms with Crippen molar-refractivity contribution in [3.05, 3.63) is 140 Å². The van der Waals surface area contributed by atoms with Crippen molar-refractivity contribution in [2.24, 2.45) is 11.6 Å². The van der Waals surface area contributed by atoms with E-state index in [2.05, 4.69) is 31.6 Å². The number of nitrogens with zero attached hydrogens (tertiary/aromatic N) is 5. The molecule has 8 rings (SSSR count). The first kappa shape index (κ1) is 57.5. The van der Waals surface area contributed by atoms with E-state index in [1.165, 1.54) is 27.8 Å². The van der Waals surface area contributed by atoms with Crippen LogP contribution in [0.1, 0.15) is 78.1 Å². The molecule has 6 amide bonds. The number of fused-ring (bicyclic) bond motifs is 5. The first-order chi connectivity index (χ1) is 37.8. The van der Waals surface area contributed by atoms with Crippen LogP contribution in [0, 0.1) is 12.7 Å². The average molecular weight is 1090 g/mol. The molecule has 10 N–H and O–H groups in total. The molecule has 3 aromatic heterocycles. The summed E-state index contributed by atoms with van der Waals surface area (Å²) in [7, 11) is 1.76. The minimum atomic E-state index is -1.96. The standard InChI is InChI=1S/C30H30FN7O4.C25H31N5O7/c1-4-30(41)20-9-25-27-18(12-38(25)28(39)19(20)14-42-29(30)40)17(16-8-15(2)21(31)10-24(16)36-27)11-37(33)13-22(32)23-6-5-7-26(34-3)35-23;31-14-12-26-25(37)19(15-18-7-3-1-4-8-18)29-22(34)17-28-21(33)16-27-20(32)9-5-2-6-13-30-23(35)10-11-24(30)36/h5-10,13,41H,4,11-12,14,32-33H2,1-3H3,(H,34,35);1,3-4,7-8,10-11,14,19H,2,5-6,9,12-13,15-17H2,(H,26,37)(H,27,32)(H,28,33)(H,29,34)/b22-13-;/t30-;/m0./s1. The SMILES string of the molecule is CC[C@@]1(O)C(=O)OCc2c1cc1n(c2=O)Cc2c-1nc1cc(F)c(C)cc1c2CN(N)/C=C(\N)c1cccc(NC)n1.O=CCNC(=O)C(Cc1ccccc1)NC(=O)CNC(=O)CNC(=O)CCCCCN1C(=O)C=CC1=O. The Balaban J connectivity index is 0.000000231. The Labute approximate surface area is 452 Å². The van der Waals surface area contributed by atoms with Gasteiger partial charge in [-0.05, 0) is 67.1 Å². The minimum absolute atomic E-state index is 0.0252. The maximum atomic E-state index is 14.7. The number of unbranched alkanes of at least 4 members (excludes halogenated alkanes) is 2. The van der Waals surface area contributed by atoms with Crippen molar-refractivity contribution in [3.8, 4) is 11.4 Å². The lowest BCUT2D eigenvalue weighted by molar-refractivity contribution is -0.172. The van der Waals surface area contributed by atoms with Gasteiger partial charge in [0.25, 0.3) is 17.4 Å². The van der Waals surface area contributed by atoms with Gasteiger partial charge in [0.1, 0.15) is 30.6 Å². The summed E-state index contributed by atoms with van der Waals surface area (Å²) >= 11 is 0. The van der Waals surface area contributed by atoms with Gasteiger partial charge >= 0.3 is 5.97 Å². The monoisotopic (exact) mass is 1080 g/mol. The van der Waals surface area contributed by atoms with Crippen LogP contribution in [0.25, 0.3) is 28.0 Å². The molecule has 0 spiro atoms. The third-order valence-electron chi connectivity index (χ3n) is 13.4. The fraction of sp³-hybridized carbons (Fsp3) is 0.327. The number of aldehydes is 1. The Hall–Kier alpha value is -9.16. The number of amides is 6. The van der Waals surface area contributed by atoms with Crippen LogP contribution < -0.4 is 43.7 Å². The Morgan fingerprint density at radius 3 is 2.34 bits per heavy atom. The number of ether oxygens (including phenoxy) is 1. The van der Waals surface area contributed by atoms with Gasteiger partial charge in [0, 0.05) is 67.4 Å². The van der Waals surface area contributed by atoms with Crippen LogP contribution in [-0.2, 0) is 74.8 Å². The molecule has 6 heterocycles. The van der Waals surface area contributed by atoms with Crippen LogP contribution >= 0.6 is 0 Å². The lowest BCUT2D eigenvalue weighted by Crippen LogP contribution is -2.51. The highest BCUT2D eigenvalue weighted by molar-refractivity contribution is 6.12. The molecule has 0 radical (unpaired) electrons. The van der Waals surface area contributed by atoms with E-state index in [1.807, 2.05) is 18.2 Å². The number of nitrogens with one attached hydrogen (secondary N) is 5. The Kier molecular flexibility index (Phi) is 18.8. The molecule has 79 heavy (non-hydrogen) atoms. The number of aryl methyl sites for hydroxylation is 1. The molecule has 24 heteroatoms. The molecule has 3 aliphatic heterocycles. The molecule has 414 valence electrons. The number of nitrogens with two attached hydrogens (primary N) is 2. The van der Waals surface area contributed by atoms with Crippen LogP contribution in [0.4, 0.5) is 10.2 Å². The van der Waals surface area contributed by atoms with Crippen LogP contribution in [0.3, 0.4) is 0 Å². The van der Waals surface area contributed by atoms with Gasteiger partial charge in [0.15, 0.2) is 5.60 Å². The Morgan fingerprint density at radius 2 is 1.63 bits per heavy atom. The molecular weight excluding hydrogens is 1020 g/mol. The van der Waals surface area contributed by atoms with Gasteiger partial charge in [-0.3, -0.25) is 38.5 Å². The van der Waals surface area contributed by atoms with Gasteiger partial charge in [-0.1, -0.05) is 49.7 Å². The van der Waals surface area contributed by atoms with Crippen LogP contribution in [0.15, 0.2) is 89.9 Å². The number of halogens is 1. The number of benzene rings is 2. The molecule has 0 saturated heterocycles. The summed E-state index contributed by atoms with van der Waals surface area (Å²) in [6, 6.07) is 18.1. The predicted molar refractivity (Wildman–Crippen MR) is 286 cm³/mol. The zero-order chi connectivity index (χ0) is 57.0. The smallest absolute Gasteiger partial charge is 0.343 e. The predicted octanol–water partition coefficient (Wildman–Crippen LogP) is 1.34. The maximum absolute atomic E-state index is 14.7. The molecule has 0 saturated carbocycles. The fourth-order valence-electron chi connectivity index (χ4n) is 9.14. The van der Waals surface area contributed by atoms with Crippen molar-refractivity contribution in [1.29, 1.82) is 0 Å². The number of imide groups is 1. The third-order valence-corrected chi connectivity index (χ3v) is 13.4. The van der Waals surface area contributed by atoms with E-state index in [0.29, 0.717) is 77.2 Å². The number of hydrogen-bond donors (Lipinski definition) is 8. The number of anilines is 1. The number of hydrazine groups is 1. The van der Waals surface area contributed by atoms with Crippen molar-refractivity contribution in [3.63, 3.8) is 0 Å². The molecule has 3 aliphatic rings. The molecule has 0 bridgehead atoms. The van der Waals surface area contributed by atoms with Gasteiger partial charge < -0.3 is 56.5 Å². The zero-order valence-corrected chi connectivity index (χ0v) is 43.7. The molecule has 2 aromatic carbocycles. The number of hydrogen-bond acceptors (Lipinski definition) is 17. The number of cyclic esters (lactones) is 1. The zero-order valence-electron chi connectivity index (χ0n) is 43.7. The lowest BCUT2D eigenvalue weighted by atomic mass is 9.86. The van der Waals surface area contributed by atoms with Gasteiger partial charge in [-0.2, -0.15) is 0 Å². The second kappa shape index (κ2) is 25.8. The van der Waals surface area contributed by atoms with E-state index < -0.39 is 47.7 Å². The van der Waals surface area contributed by atoms with Crippen LogP contribution in [-0.4, -0.2) is 117 Å². The molecule has 2 atom stereocenters. The summed E-state index contributed by atoms with van der Waals surface area (Å²) < 4.78 is 21.4. The van der Waals surface area contributed by atoms with Gasteiger partial charge in [0.05, 0.1) is 66.6 Å². The van der Waals surface area contributed by atoms with Crippen molar-refractivity contribution in [2.75, 3.05) is 38.5 Å². The Morgan fingerprint density at radius 1 is 0.911 bits per heavy atom. The molecule has 0 aliphatic carbocycles. The van der Waals surface area contributed by atoms with Gasteiger partial charge in [-0.15, -0.1) is 0 Å². The Bertz CT molecular complexity index is 3310. The van der Waals surface area contributed by atoms with Crippen LogP contribution in [0.2, 0.25) is 0 Å². The number of rotatable bonds is 22. The highest BCUT2D eigenvalue weighted by Crippen LogP contribution is 2.41. The van der Waals surface area contributed by atoms with Crippen LogP contribution in [0.5, 0.6) is 0 Å². The van der Waals surface area contributed by atoms with E-state index in [9.17, 15) is 52.6 Å². The topological polar surface area (TPSA) is 332 Å². The molecular formula is C55H61FN12O11. The summed E-state index contributed by atoms with van der Waals surface area (Å²) in [5, 5.41) is 26.0. The van der Waals surface area contributed by atoms with E-state index in [1.54, 1.807) is 69.6 Å². The summed E-state index contributed by atoms with van der Waals surface area (Å²) in [5.74, 6) is 3.15. The second-order valence-corrected chi connectivity index (χ2v) is 18.8. The third kappa shape index (κ3) is 13.7. The number of aliphatic hydroxyl groups is 1. The second-order valence-electron chi connectivity index (χ2n) is 18.8. The van der Waals surface area contributed by atoms with E-state index in [4.69, 9.17) is 21.3 Å². The molecule has 23 nitrogen and oxygen atoms in total. The fourth-order valence-corrected chi connectivity index (χ4v) is 9.14. The minimum Gasteiger partial charge on any atom is -0.458 e. The lowest BCUT2D eigenvalue weighted by Gasteiger charge is -2.31. The maximum Gasteiger partial charge on any atom is 0.343 e. The summed E-state index contributed by atoms with van der Waals surface area (Å²) in [6.45, 7) is 2.79. The number of esters is 1. The number of carbonyl (C=O) groups is 8. The number of aromatic nitrogens is 3. The number of carbonyl (C=O) groups excluding carboxylic acids is 8. The van der Waals surface area contributed by atoms with Crippen molar-refractivity contribution in [2.45, 2.75) is 83.7 Å².